The number of ether oxygens (including phenoxy) is 2. The molecule has 4 aromatic rings. The Morgan fingerprint density at radius 1 is 0.756 bits per heavy atom. The Hall–Kier alpha value is -4.56. The molecule has 0 saturated heterocycles. The molecule has 0 fully saturated rings. The fourth-order valence-electron chi connectivity index (χ4n) is 5.74. The number of hydrogen-bond acceptors (Lipinski definition) is 4. The van der Waals surface area contributed by atoms with E-state index in [1.165, 1.54) is 21.9 Å². The number of aliphatic hydroxyl groups is 2. The molecule has 204 valence electrons. The van der Waals surface area contributed by atoms with E-state index in [1.807, 2.05) is 36.4 Å². The Balaban J connectivity index is 1.44. The Labute approximate surface area is 240 Å². The second-order valence-electron chi connectivity index (χ2n) is 10.4. The monoisotopic (exact) mass is 540 g/mol. The van der Waals surface area contributed by atoms with Crippen molar-refractivity contribution < 1.29 is 19.7 Å². The number of aliphatic hydroxyl groups excluding tert-OH is 2. The summed E-state index contributed by atoms with van der Waals surface area (Å²) in [6.07, 6.45) is 10.7. The van der Waals surface area contributed by atoms with Gasteiger partial charge in [0, 0.05) is 22.6 Å². The van der Waals surface area contributed by atoms with Crippen molar-refractivity contribution in [2.24, 2.45) is 5.92 Å². The largest absolute Gasteiger partial charge is 0.495 e. The van der Waals surface area contributed by atoms with Crippen LogP contribution in [0.25, 0.3) is 21.5 Å². The van der Waals surface area contributed by atoms with E-state index in [0.29, 0.717) is 5.75 Å². The van der Waals surface area contributed by atoms with Gasteiger partial charge in [0.2, 0.25) is 0 Å². The van der Waals surface area contributed by atoms with E-state index in [0.717, 1.165) is 33.2 Å². The van der Waals surface area contributed by atoms with E-state index in [-0.39, 0.29) is 38.3 Å². The van der Waals surface area contributed by atoms with E-state index >= 15 is 0 Å². The third-order valence-electron chi connectivity index (χ3n) is 7.59. The average Bonchev–Trinajstić information content (AvgIpc) is 3.01. The maximum Gasteiger partial charge on any atom is 0.124 e. The summed E-state index contributed by atoms with van der Waals surface area (Å²) in [5, 5.41) is 23.5. The lowest BCUT2D eigenvalue weighted by Crippen LogP contribution is -2.23. The lowest BCUT2D eigenvalue weighted by Gasteiger charge is -2.34. The first-order chi connectivity index (χ1) is 20.1. The summed E-state index contributed by atoms with van der Waals surface area (Å²) in [4.78, 5) is 0. The highest BCUT2D eigenvalue weighted by Crippen LogP contribution is 2.48. The standard InChI is InChI=1S/C37H32O4/c1-25-6-14-32-30(22-25)12-16-34(40-20-18-38)36(32)37-33-15-10-27(24-31(33)13-17-35(37)41-21-19-39)8-7-26-9-11-28-4-2-3-5-29(28)23-26/h2-6,9-17,22-24,32,36,38-39H,18-21H2,1H3. The molecule has 0 amide bonds. The van der Waals surface area contributed by atoms with Gasteiger partial charge in [-0.2, -0.15) is 0 Å². The van der Waals surface area contributed by atoms with E-state index in [1.54, 1.807) is 0 Å². The van der Waals surface area contributed by atoms with Crippen molar-refractivity contribution in [3.63, 3.8) is 0 Å². The molecule has 0 aliphatic heterocycles. The van der Waals surface area contributed by atoms with Crippen molar-refractivity contribution in [3.05, 3.63) is 137 Å². The smallest absolute Gasteiger partial charge is 0.124 e. The Bertz CT molecular complexity index is 1790. The zero-order valence-corrected chi connectivity index (χ0v) is 23.0. The van der Waals surface area contributed by atoms with Gasteiger partial charge in [0.15, 0.2) is 0 Å². The molecule has 0 aromatic heterocycles. The van der Waals surface area contributed by atoms with Gasteiger partial charge in [-0.25, -0.2) is 0 Å². The van der Waals surface area contributed by atoms with E-state index in [4.69, 9.17) is 9.47 Å². The van der Waals surface area contributed by atoms with Crippen LogP contribution in [-0.4, -0.2) is 36.6 Å². The third kappa shape index (κ3) is 5.56. The van der Waals surface area contributed by atoms with Crippen molar-refractivity contribution in [2.75, 3.05) is 26.4 Å². The molecule has 0 spiro atoms. The molecule has 2 N–H and O–H groups in total. The van der Waals surface area contributed by atoms with Crippen molar-refractivity contribution in [1.82, 2.24) is 0 Å². The fraction of sp³-hybridized carbons (Fsp3) is 0.189. The van der Waals surface area contributed by atoms with Crippen molar-refractivity contribution in [2.45, 2.75) is 12.8 Å². The summed E-state index contributed by atoms with van der Waals surface area (Å²) >= 11 is 0. The highest BCUT2D eigenvalue weighted by Gasteiger charge is 2.35. The van der Waals surface area contributed by atoms with E-state index in [9.17, 15) is 10.2 Å². The molecule has 0 radical (unpaired) electrons. The van der Waals surface area contributed by atoms with E-state index in [2.05, 4.69) is 85.5 Å². The summed E-state index contributed by atoms with van der Waals surface area (Å²) in [5.74, 6) is 8.06. The Kier molecular flexibility index (Phi) is 7.73. The zero-order valence-electron chi connectivity index (χ0n) is 23.0. The molecule has 2 unspecified atom stereocenters. The molecular formula is C37H32O4. The van der Waals surface area contributed by atoms with Crippen LogP contribution >= 0.6 is 0 Å². The summed E-state index contributed by atoms with van der Waals surface area (Å²) in [6, 6.07) is 24.9. The Morgan fingerprint density at radius 3 is 2.27 bits per heavy atom. The number of rotatable bonds is 7. The minimum absolute atomic E-state index is 0.0480. The topological polar surface area (TPSA) is 58.9 Å². The Morgan fingerprint density at radius 2 is 1.46 bits per heavy atom. The third-order valence-corrected chi connectivity index (χ3v) is 7.59. The summed E-state index contributed by atoms with van der Waals surface area (Å²) in [7, 11) is 0. The molecule has 0 saturated carbocycles. The van der Waals surface area contributed by atoms with Crippen molar-refractivity contribution in [1.29, 1.82) is 0 Å². The molecule has 4 nitrogen and oxygen atoms in total. The first-order valence-electron chi connectivity index (χ1n) is 14.0. The molecule has 0 bridgehead atoms. The molecule has 6 rings (SSSR count). The number of fused-ring (bicyclic) bond motifs is 3. The molecule has 4 aromatic carbocycles. The van der Waals surface area contributed by atoms with Gasteiger partial charge >= 0.3 is 0 Å². The average molecular weight is 541 g/mol. The highest BCUT2D eigenvalue weighted by atomic mass is 16.5. The highest BCUT2D eigenvalue weighted by molar-refractivity contribution is 5.90. The molecule has 2 atom stereocenters. The fourth-order valence-corrected chi connectivity index (χ4v) is 5.74. The molecular weight excluding hydrogens is 508 g/mol. The van der Waals surface area contributed by atoms with Gasteiger partial charge in [0.1, 0.15) is 24.7 Å². The second kappa shape index (κ2) is 11.9. The predicted octanol–water partition coefficient (Wildman–Crippen LogP) is 6.81. The summed E-state index contributed by atoms with van der Waals surface area (Å²) < 4.78 is 12.2. The van der Waals surface area contributed by atoms with Crippen molar-refractivity contribution >= 4 is 21.5 Å². The molecule has 2 aliphatic carbocycles. The number of hydrogen-bond donors (Lipinski definition) is 2. The van der Waals surface area contributed by atoms with Gasteiger partial charge in [-0.05, 0) is 70.4 Å². The maximum absolute atomic E-state index is 9.54. The van der Waals surface area contributed by atoms with E-state index < -0.39 is 0 Å². The van der Waals surface area contributed by atoms with Gasteiger partial charge in [0.05, 0.1) is 19.1 Å². The van der Waals surface area contributed by atoms with Gasteiger partial charge < -0.3 is 19.7 Å². The van der Waals surface area contributed by atoms with Crippen LogP contribution < -0.4 is 4.74 Å². The summed E-state index contributed by atoms with van der Waals surface area (Å²) in [6.45, 7) is 2.36. The molecule has 41 heavy (non-hydrogen) atoms. The predicted molar refractivity (Wildman–Crippen MR) is 165 cm³/mol. The first-order valence-corrected chi connectivity index (χ1v) is 14.0. The van der Waals surface area contributed by atoms with Gasteiger partial charge in [-0.3, -0.25) is 0 Å². The van der Waals surface area contributed by atoms with Crippen LogP contribution in [0, 0.1) is 17.8 Å². The first kappa shape index (κ1) is 26.7. The van der Waals surface area contributed by atoms with Crippen LogP contribution in [0.3, 0.4) is 0 Å². The molecule has 4 heteroatoms. The lowest BCUT2D eigenvalue weighted by atomic mass is 9.73. The van der Waals surface area contributed by atoms with Crippen molar-refractivity contribution in [3.8, 4) is 17.6 Å². The van der Waals surface area contributed by atoms with Gasteiger partial charge in [0.25, 0.3) is 0 Å². The number of allylic oxidation sites excluding steroid dienone is 8. The van der Waals surface area contributed by atoms with Crippen LogP contribution in [0.5, 0.6) is 5.75 Å². The minimum Gasteiger partial charge on any atom is -0.495 e. The summed E-state index contributed by atoms with van der Waals surface area (Å²) in [5.41, 5.74) is 5.30. The van der Waals surface area contributed by atoms with Crippen LogP contribution in [0.2, 0.25) is 0 Å². The zero-order chi connectivity index (χ0) is 28.2. The normalized spacial score (nSPS) is 17.7. The SMILES string of the molecule is CC1=CC2=CC=C(OCCO)C(c3c(OCCO)ccc4cc(C#Cc5ccc6ccccc6c5)ccc34)C2C=C1. The van der Waals surface area contributed by atoms with Gasteiger partial charge in [-0.1, -0.05) is 84.2 Å². The number of benzene rings is 4. The lowest BCUT2D eigenvalue weighted by molar-refractivity contribution is 0.129. The maximum atomic E-state index is 9.54. The van der Waals surface area contributed by atoms with Crippen LogP contribution in [0.4, 0.5) is 0 Å². The van der Waals surface area contributed by atoms with Crippen LogP contribution in [0.1, 0.15) is 29.5 Å². The quantitative estimate of drug-likeness (QED) is 0.253. The molecule has 0 heterocycles. The van der Waals surface area contributed by atoms with Crippen LogP contribution in [0.15, 0.2) is 120 Å². The minimum atomic E-state index is -0.158. The second-order valence-corrected chi connectivity index (χ2v) is 10.4. The van der Waals surface area contributed by atoms with Crippen LogP contribution in [-0.2, 0) is 4.74 Å². The van der Waals surface area contributed by atoms with Gasteiger partial charge in [-0.15, -0.1) is 0 Å². The molecule has 2 aliphatic rings.